The summed E-state index contributed by atoms with van der Waals surface area (Å²) in [5.41, 5.74) is 2.15. The van der Waals surface area contributed by atoms with Gasteiger partial charge < -0.3 is 4.74 Å². The van der Waals surface area contributed by atoms with E-state index >= 15 is 0 Å². The van der Waals surface area contributed by atoms with E-state index in [0.29, 0.717) is 37.3 Å². The molecule has 0 N–H and O–H groups in total. The van der Waals surface area contributed by atoms with Crippen LogP contribution in [0.1, 0.15) is 37.3 Å². The average molecular weight is 349 g/mol. The van der Waals surface area contributed by atoms with Crippen molar-refractivity contribution in [1.29, 1.82) is 0 Å². The number of benzene rings is 1. The SMILES string of the molecule is CCOC(=O)C1CCCN(S(=O)(=O)C2=Cc3ccccc3CC2)C1. The predicted molar refractivity (Wildman–Crippen MR) is 92.6 cm³/mol. The van der Waals surface area contributed by atoms with Crippen molar-refractivity contribution in [3.05, 3.63) is 40.3 Å². The third-order valence-electron chi connectivity index (χ3n) is 4.69. The van der Waals surface area contributed by atoms with Crippen LogP contribution in [-0.2, 0) is 26.0 Å². The number of esters is 1. The number of carbonyl (C=O) groups is 1. The summed E-state index contributed by atoms with van der Waals surface area (Å²) in [6.07, 6.45) is 4.40. The van der Waals surface area contributed by atoms with Crippen molar-refractivity contribution < 1.29 is 17.9 Å². The first kappa shape index (κ1) is 17.2. The van der Waals surface area contributed by atoms with E-state index in [4.69, 9.17) is 4.74 Å². The summed E-state index contributed by atoms with van der Waals surface area (Å²) in [5.74, 6) is -0.648. The van der Waals surface area contributed by atoms with Crippen LogP contribution in [0.2, 0.25) is 0 Å². The Morgan fingerprint density at radius 2 is 2.08 bits per heavy atom. The summed E-state index contributed by atoms with van der Waals surface area (Å²) < 4.78 is 32.5. The second-order valence-electron chi connectivity index (χ2n) is 6.26. The van der Waals surface area contributed by atoms with Crippen LogP contribution in [0.4, 0.5) is 0 Å². The van der Waals surface area contributed by atoms with Crippen LogP contribution in [0.5, 0.6) is 0 Å². The zero-order valence-electron chi connectivity index (χ0n) is 13.9. The molecule has 1 aromatic carbocycles. The maximum absolute atomic E-state index is 13.0. The van der Waals surface area contributed by atoms with Gasteiger partial charge in [-0.25, -0.2) is 8.42 Å². The Morgan fingerprint density at radius 3 is 2.88 bits per heavy atom. The number of nitrogens with zero attached hydrogens (tertiary/aromatic N) is 1. The minimum atomic E-state index is -3.52. The smallest absolute Gasteiger partial charge is 0.310 e. The Balaban J connectivity index is 1.81. The van der Waals surface area contributed by atoms with Crippen molar-refractivity contribution in [2.45, 2.75) is 32.6 Å². The van der Waals surface area contributed by atoms with Crippen LogP contribution in [-0.4, -0.2) is 38.4 Å². The van der Waals surface area contributed by atoms with Crippen molar-refractivity contribution in [1.82, 2.24) is 4.31 Å². The maximum Gasteiger partial charge on any atom is 0.310 e. The Kier molecular flexibility index (Phi) is 5.06. The molecule has 2 aliphatic rings. The molecule has 1 heterocycles. The Hall–Kier alpha value is -1.66. The number of rotatable bonds is 4. The Morgan fingerprint density at radius 1 is 1.29 bits per heavy atom. The van der Waals surface area contributed by atoms with Gasteiger partial charge in [-0.15, -0.1) is 0 Å². The summed E-state index contributed by atoms with van der Waals surface area (Å²) in [4.78, 5) is 12.4. The number of ether oxygens (including phenoxy) is 1. The summed E-state index contributed by atoms with van der Waals surface area (Å²) in [6, 6.07) is 7.87. The molecule has 1 saturated heterocycles. The van der Waals surface area contributed by atoms with Crippen molar-refractivity contribution in [3.63, 3.8) is 0 Å². The monoisotopic (exact) mass is 349 g/mol. The van der Waals surface area contributed by atoms with Gasteiger partial charge in [0.25, 0.3) is 0 Å². The summed E-state index contributed by atoms with van der Waals surface area (Å²) >= 11 is 0. The van der Waals surface area contributed by atoms with Gasteiger partial charge in [-0.3, -0.25) is 4.79 Å². The molecule has 6 heteroatoms. The summed E-state index contributed by atoms with van der Waals surface area (Å²) in [5, 5.41) is 0. The fourth-order valence-electron chi connectivity index (χ4n) is 3.39. The van der Waals surface area contributed by atoms with Gasteiger partial charge >= 0.3 is 5.97 Å². The molecule has 1 atom stereocenters. The zero-order chi connectivity index (χ0) is 17.2. The minimum absolute atomic E-state index is 0.222. The number of fused-ring (bicyclic) bond motifs is 1. The lowest BCUT2D eigenvalue weighted by molar-refractivity contribution is -0.149. The fourth-order valence-corrected chi connectivity index (χ4v) is 5.10. The standard InChI is InChI=1S/C18H23NO4S/c1-2-23-18(20)16-8-5-11-19(13-16)24(21,22)17-10-9-14-6-3-4-7-15(14)12-17/h3-4,6-7,12,16H,2,5,8-11,13H2,1H3. The number of hydrogen-bond acceptors (Lipinski definition) is 4. The van der Waals surface area contributed by atoms with E-state index in [1.165, 1.54) is 9.87 Å². The molecule has 1 fully saturated rings. The van der Waals surface area contributed by atoms with Gasteiger partial charge in [0.15, 0.2) is 0 Å². The Labute approximate surface area is 143 Å². The molecule has 0 saturated carbocycles. The lowest BCUT2D eigenvalue weighted by atomic mass is 9.98. The summed E-state index contributed by atoms with van der Waals surface area (Å²) in [6.45, 7) is 2.78. The van der Waals surface area contributed by atoms with Gasteiger partial charge in [-0.1, -0.05) is 24.3 Å². The first-order valence-electron chi connectivity index (χ1n) is 8.47. The van der Waals surface area contributed by atoms with E-state index in [-0.39, 0.29) is 18.4 Å². The molecule has 5 nitrogen and oxygen atoms in total. The first-order chi connectivity index (χ1) is 11.5. The van der Waals surface area contributed by atoms with E-state index in [1.54, 1.807) is 13.0 Å². The molecule has 3 rings (SSSR count). The lowest BCUT2D eigenvalue weighted by Gasteiger charge is -2.32. The molecular weight excluding hydrogens is 326 g/mol. The van der Waals surface area contributed by atoms with Crippen LogP contribution in [0.25, 0.3) is 6.08 Å². The lowest BCUT2D eigenvalue weighted by Crippen LogP contribution is -2.43. The van der Waals surface area contributed by atoms with Gasteiger partial charge in [0, 0.05) is 13.1 Å². The molecule has 0 spiro atoms. The van der Waals surface area contributed by atoms with Crippen molar-refractivity contribution in [3.8, 4) is 0 Å². The third kappa shape index (κ3) is 3.39. The third-order valence-corrected chi connectivity index (χ3v) is 6.68. The van der Waals surface area contributed by atoms with Gasteiger partial charge in [-0.05, 0) is 49.8 Å². The van der Waals surface area contributed by atoms with E-state index in [1.807, 2.05) is 24.3 Å². The topological polar surface area (TPSA) is 63.7 Å². The number of hydrogen-bond donors (Lipinski definition) is 0. The molecule has 1 aliphatic carbocycles. The number of carbonyl (C=O) groups excluding carboxylic acids is 1. The van der Waals surface area contributed by atoms with Crippen LogP contribution in [0.15, 0.2) is 29.2 Å². The first-order valence-corrected chi connectivity index (χ1v) is 9.91. The van der Waals surface area contributed by atoms with E-state index in [0.717, 1.165) is 12.0 Å². The molecule has 0 aromatic heterocycles. The number of aryl methyl sites for hydroxylation is 1. The van der Waals surface area contributed by atoms with Crippen LogP contribution >= 0.6 is 0 Å². The van der Waals surface area contributed by atoms with Crippen LogP contribution < -0.4 is 0 Å². The fraction of sp³-hybridized carbons (Fsp3) is 0.500. The van der Waals surface area contributed by atoms with Crippen molar-refractivity contribution in [2.75, 3.05) is 19.7 Å². The highest BCUT2D eigenvalue weighted by atomic mass is 32.2. The molecule has 1 aliphatic heterocycles. The van der Waals surface area contributed by atoms with Gasteiger partial charge in [0.1, 0.15) is 0 Å². The highest BCUT2D eigenvalue weighted by Gasteiger charge is 2.35. The largest absolute Gasteiger partial charge is 0.466 e. The van der Waals surface area contributed by atoms with Crippen LogP contribution in [0.3, 0.4) is 0 Å². The molecule has 130 valence electrons. The molecule has 1 aromatic rings. The number of sulfonamides is 1. The van der Waals surface area contributed by atoms with E-state index < -0.39 is 10.0 Å². The highest BCUT2D eigenvalue weighted by Crippen LogP contribution is 2.31. The van der Waals surface area contributed by atoms with Gasteiger partial charge in [-0.2, -0.15) is 4.31 Å². The normalized spacial score (nSPS) is 21.7. The molecule has 0 bridgehead atoms. The molecule has 1 unspecified atom stereocenters. The predicted octanol–water partition coefficient (Wildman–Crippen LogP) is 2.58. The van der Waals surface area contributed by atoms with Gasteiger partial charge in [0.05, 0.1) is 17.4 Å². The second kappa shape index (κ2) is 7.07. The molecule has 0 radical (unpaired) electrons. The van der Waals surface area contributed by atoms with Crippen LogP contribution in [0, 0.1) is 5.92 Å². The summed E-state index contributed by atoms with van der Waals surface area (Å²) in [7, 11) is -3.52. The highest BCUT2D eigenvalue weighted by molar-refractivity contribution is 7.93. The van der Waals surface area contributed by atoms with Gasteiger partial charge in [0.2, 0.25) is 10.0 Å². The average Bonchev–Trinajstić information content (AvgIpc) is 2.61. The van der Waals surface area contributed by atoms with Crippen molar-refractivity contribution in [2.24, 2.45) is 5.92 Å². The van der Waals surface area contributed by atoms with E-state index in [9.17, 15) is 13.2 Å². The molecule has 0 amide bonds. The molecular formula is C18H23NO4S. The Bertz CT molecular complexity index is 754. The van der Waals surface area contributed by atoms with Crippen molar-refractivity contribution >= 4 is 22.1 Å². The second-order valence-corrected chi connectivity index (χ2v) is 8.25. The number of allylic oxidation sites excluding steroid dienone is 1. The maximum atomic E-state index is 13.0. The minimum Gasteiger partial charge on any atom is -0.466 e. The van der Waals surface area contributed by atoms with E-state index in [2.05, 4.69) is 0 Å². The quantitative estimate of drug-likeness (QED) is 0.784. The zero-order valence-corrected chi connectivity index (χ0v) is 14.7. The molecule has 24 heavy (non-hydrogen) atoms. The number of piperidine rings is 1.